The van der Waals surface area contributed by atoms with E-state index in [4.69, 9.17) is 4.74 Å². The number of benzene rings is 2. The lowest BCUT2D eigenvalue weighted by molar-refractivity contribution is 0.0768. The van der Waals surface area contributed by atoms with E-state index in [1.165, 1.54) is 11.1 Å². The minimum Gasteiger partial charge on any atom is -0.438 e. The standard InChI is InChI=1S/C28H33N3O2/c1-21-11-13-22(14-12-21)20-28(31(2)3)17-15-23(16-18-28)30-26(32)25-10-7-19-29-27(25)33-24-8-5-4-6-9-24/h4-14,19,23H,15-18,20H2,1-3H3,(H,30,32). The van der Waals surface area contributed by atoms with Gasteiger partial charge in [0.25, 0.3) is 5.91 Å². The SMILES string of the molecule is Cc1ccc(CC2(N(C)C)CCC(NC(=O)c3cccnc3Oc3ccccc3)CC2)cc1. The van der Waals surface area contributed by atoms with Crippen LogP contribution in [0.2, 0.25) is 0 Å². The first kappa shape index (κ1) is 23.0. The Morgan fingerprint density at radius 1 is 1.03 bits per heavy atom. The number of hydrogen-bond donors (Lipinski definition) is 1. The lowest BCUT2D eigenvalue weighted by Gasteiger charge is -2.45. The van der Waals surface area contributed by atoms with Crippen LogP contribution in [0.15, 0.2) is 72.9 Å². The third-order valence-corrected chi connectivity index (χ3v) is 6.83. The number of carbonyl (C=O) groups is 1. The van der Waals surface area contributed by atoms with Crippen LogP contribution in [0.4, 0.5) is 0 Å². The van der Waals surface area contributed by atoms with E-state index in [0.29, 0.717) is 17.2 Å². The van der Waals surface area contributed by atoms with Crippen LogP contribution < -0.4 is 10.1 Å². The molecule has 1 N–H and O–H groups in total. The fourth-order valence-electron chi connectivity index (χ4n) is 4.68. The number of pyridine rings is 1. The van der Waals surface area contributed by atoms with E-state index in [2.05, 4.69) is 60.5 Å². The number of rotatable bonds is 7. The van der Waals surface area contributed by atoms with Crippen molar-refractivity contribution in [3.63, 3.8) is 0 Å². The molecule has 2 aromatic carbocycles. The lowest BCUT2D eigenvalue weighted by atomic mass is 9.74. The highest BCUT2D eigenvalue weighted by Crippen LogP contribution is 2.36. The summed E-state index contributed by atoms with van der Waals surface area (Å²) in [5, 5.41) is 3.23. The Hall–Kier alpha value is -3.18. The molecule has 1 amide bonds. The number of hydrogen-bond acceptors (Lipinski definition) is 4. The van der Waals surface area contributed by atoms with Gasteiger partial charge in [-0.25, -0.2) is 4.98 Å². The largest absolute Gasteiger partial charge is 0.438 e. The normalized spacial score (nSPS) is 20.4. The average molecular weight is 444 g/mol. The fraction of sp³-hybridized carbons (Fsp3) is 0.357. The van der Waals surface area contributed by atoms with Crippen LogP contribution >= 0.6 is 0 Å². The second kappa shape index (κ2) is 10.2. The zero-order chi connectivity index (χ0) is 23.3. The van der Waals surface area contributed by atoms with Crippen LogP contribution in [0.25, 0.3) is 0 Å². The van der Waals surface area contributed by atoms with E-state index in [9.17, 15) is 4.79 Å². The van der Waals surface area contributed by atoms with Crippen molar-refractivity contribution in [1.29, 1.82) is 0 Å². The van der Waals surface area contributed by atoms with Gasteiger partial charge in [0.05, 0.1) is 0 Å². The molecule has 0 bridgehead atoms. The number of carbonyl (C=O) groups excluding carboxylic acids is 1. The summed E-state index contributed by atoms with van der Waals surface area (Å²) in [6.45, 7) is 2.12. The maximum absolute atomic E-state index is 13.1. The van der Waals surface area contributed by atoms with Crippen LogP contribution in [-0.4, -0.2) is 41.5 Å². The quantitative estimate of drug-likeness (QED) is 0.531. The van der Waals surface area contributed by atoms with Crippen LogP contribution in [0.1, 0.15) is 47.2 Å². The molecule has 1 fully saturated rings. The third-order valence-electron chi connectivity index (χ3n) is 6.83. The molecule has 1 heterocycles. The topological polar surface area (TPSA) is 54.5 Å². The number of likely N-dealkylation sites (N-methyl/N-ethyl adjacent to an activating group) is 1. The molecular weight excluding hydrogens is 410 g/mol. The highest BCUT2D eigenvalue weighted by molar-refractivity contribution is 5.96. The number of aryl methyl sites for hydroxylation is 1. The molecule has 0 saturated heterocycles. The smallest absolute Gasteiger partial charge is 0.257 e. The summed E-state index contributed by atoms with van der Waals surface area (Å²) in [6.07, 6.45) is 6.65. The Bertz CT molecular complexity index is 1060. The van der Waals surface area contributed by atoms with Crippen LogP contribution in [-0.2, 0) is 6.42 Å². The molecular formula is C28H33N3O2. The van der Waals surface area contributed by atoms with Crippen molar-refractivity contribution < 1.29 is 9.53 Å². The number of amides is 1. The minimum absolute atomic E-state index is 0.117. The van der Waals surface area contributed by atoms with Crippen molar-refractivity contribution in [2.75, 3.05) is 14.1 Å². The number of para-hydroxylation sites is 1. The Morgan fingerprint density at radius 3 is 2.39 bits per heavy atom. The van der Waals surface area contributed by atoms with Gasteiger partial charge in [0.2, 0.25) is 5.88 Å². The molecule has 172 valence electrons. The maximum Gasteiger partial charge on any atom is 0.257 e. The number of nitrogens with one attached hydrogen (secondary N) is 1. The molecule has 5 nitrogen and oxygen atoms in total. The molecule has 0 radical (unpaired) electrons. The van der Waals surface area contributed by atoms with Crippen molar-refractivity contribution in [2.24, 2.45) is 0 Å². The van der Waals surface area contributed by atoms with Gasteiger partial charge in [0, 0.05) is 17.8 Å². The van der Waals surface area contributed by atoms with Crippen molar-refractivity contribution in [3.8, 4) is 11.6 Å². The van der Waals surface area contributed by atoms with Gasteiger partial charge in [-0.2, -0.15) is 0 Å². The Kier molecular flexibility index (Phi) is 7.09. The molecule has 1 aliphatic rings. The van der Waals surface area contributed by atoms with Gasteiger partial charge in [0.15, 0.2) is 0 Å². The number of nitrogens with zero attached hydrogens (tertiary/aromatic N) is 2. The summed E-state index contributed by atoms with van der Waals surface area (Å²) in [6, 6.07) is 22.0. The molecule has 1 aromatic heterocycles. The molecule has 5 heteroatoms. The van der Waals surface area contributed by atoms with Crippen LogP contribution in [0.5, 0.6) is 11.6 Å². The number of aromatic nitrogens is 1. The van der Waals surface area contributed by atoms with Crippen LogP contribution in [0.3, 0.4) is 0 Å². The van der Waals surface area contributed by atoms with Gasteiger partial charge >= 0.3 is 0 Å². The van der Waals surface area contributed by atoms with Gasteiger partial charge in [0.1, 0.15) is 11.3 Å². The summed E-state index contributed by atoms with van der Waals surface area (Å²) >= 11 is 0. The molecule has 3 aromatic rings. The second-order valence-corrected chi connectivity index (χ2v) is 9.30. The molecule has 1 aliphatic carbocycles. The summed E-state index contributed by atoms with van der Waals surface area (Å²) in [7, 11) is 4.35. The predicted octanol–water partition coefficient (Wildman–Crippen LogP) is 5.40. The molecule has 1 saturated carbocycles. The van der Waals surface area contributed by atoms with E-state index in [-0.39, 0.29) is 17.5 Å². The minimum atomic E-state index is -0.130. The van der Waals surface area contributed by atoms with E-state index in [1.807, 2.05) is 30.3 Å². The highest BCUT2D eigenvalue weighted by atomic mass is 16.5. The monoisotopic (exact) mass is 443 g/mol. The van der Waals surface area contributed by atoms with Gasteiger partial charge in [-0.05, 0) is 83.0 Å². The Morgan fingerprint density at radius 2 is 1.73 bits per heavy atom. The maximum atomic E-state index is 13.1. The molecule has 0 aliphatic heterocycles. The summed E-state index contributed by atoms with van der Waals surface area (Å²) in [4.78, 5) is 19.8. The first-order valence-corrected chi connectivity index (χ1v) is 11.7. The molecule has 33 heavy (non-hydrogen) atoms. The summed E-state index contributed by atoms with van der Waals surface area (Å²) in [5.41, 5.74) is 3.24. The van der Waals surface area contributed by atoms with Gasteiger partial charge in [-0.3, -0.25) is 4.79 Å². The van der Waals surface area contributed by atoms with Crippen molar-refractivity contribution in [3.05, 3.63) is 89.6 Å². The van der Waals surface area contributed by atoms with Crippen LogP contribution in [0, 0.1) is 6.92 Å². The molecule has 0 spiro atoms. The van der Waals surface area contributed by atoms with Gasteiger partial charge in [-0.1, -0.05) is 48.0 Å². The zero-order valence-corrected chi connectivity index (χ0v) is 19.8. The van der Waals surface area contributed by atoms with Crippen molar-refractivity contribution >= 4 is 5.91 Å². The van der Waals surface area contributed by atoms with Gasteiger partial charge < -0.3 is 15.0 Å². The Balaban J connectivity index is 1.40. The Labute approximate surface area is 196 Å². The summed E-state index contributed by atoms with van der Waals surface area (Å²) in [5.74, 6) is 0.865. The molecule has 0 atom stereocenters. The lowest BCUT2D eigenvalue weighted by Crippen LogP contribution is -2.52. The van der Waals surface area contributed by atoms with E-state index in [0.717, 1.165) is 32.1 Å². The fourth-order valence-corrected chi connectivity index (χ4v) is 4.68. The summed E-state index contributed by atoms with van der Waals surface area (Å²) < 4.78 is 5.88. The first-order valence-electron chi connectivity index (χ1n) is 11.7. The van der Waals surface area contributed by atoms with Crippen molar-refractivity contribution in [2.45, 2.75) is 50.6 Å². The zero-order valence-electron chi connectivity index (χ0n) is 19.8. The van der Waals surface area contributed by atoms with E-state index in [1.54, 1.807) is 18.3 Å². The average Bonchev–Trinajstić information content (AvgIpc) is 2.83. The highest BCUT2D eigenvalue weighted by Gasteiger charge is 2.37. The second-order valence-electron chi connectivity index (χ2n) is 9.30. The van der Waals surface area contributed by atoms with E-state index >= 15 is 0 Å². The number of ether oxygens (including phenoxy) is 1. The molecule has 4 rings (SSSR count). The van der Waals surface area contributed by atoms with E-state index < -0.39 is 0 Å². The molecule has 0 unspecified atom stereocenters. The van der Waals surface area contributed by atoms with Gasteiger partial charge in [-0.15, -0.1) is 0 Å². The third kappa shape index (κ3) is 5.60. The first-order chi connectivity index (χ1) is 15.9. The predicted molar refractivity (Wildman–Crippen MR) is 132 cm³/mol. The van der Waals surface area contributed by atoms with Crippen molar-refractivity contribution in [1.82, 2.24) is 15.2 Å².